The van der Waals surface area contributed by atoms with Crippen molar-refractivity contribution in [3.63, 3.8) is 0 Å². The minimum absolute atomic E-state index is 0.122. The van der Waals surface area contributed by atoms with Crippen LogP contribution >= 0.6 is 0 Å². The summed E-state index contributed by atoms with van der Waals surface area (Å²) in [4.78, 5) is 2.61. The molecule has 0 amide bonds. The van der Waals surface area contributed by atoms with E-state index < -0.39 is 0 Å². The van der Waals surface area contributed by atoms with E-state index in [1.165, 1.54) is 44.1 Å². The Morgan fingerprint density at radius 1 is 1.24 bits per heavy atom. The molecule has 1 aromatic carbocycles. The second-order valence-electron chi connectivity index (χ2n) is 6.75. The van der Waals surface area contributed by atoms with Gasteiger partial charge in [-0.15, -0.1) is 0 Å². The Balaban J connectivity index is 1.82. The molecule has 3 heteroatoms. The fourth-order valence-corrected chi connectivity index (χ4v) is 4.39. The molecular formula is C18H27FN2. The summed E-state index contributed by atoms with van der Waals surface area (Å²) in [6.45, 7) is 3.60. The van der Waals surface area contributed by atoms with Crippen molar-refractivity contribution in [2.75, 3.05) is 13.1 Å². The summed E-state index contributed by atoms with van der Waals surface area (Å²) in [5.74, 6) is 0.728. The van der Waals surface area contributed by atoms with E-state index >= 15 is 0 Å². The molecule has 2 N–H and O–H groups in total. The molecule has 0 bridgehead atoms. The van der Waals surface area contributed by atoms with Gasteiger partial charge in [-0.1, -0.05) is 25.0 Å². The minimum Gasteiger partial charge on any atom is -0.329 e. The third-order valence-corrected chi connectivity index (χ3v) is 5.48. The van der Waals surface area contributed by atoms with Crippen molar-refractivity contribution in [2.45, 2.75) is 57.5 Å². The molecule has 1 saturated heterocycles. The Hall–Kier alpha value is -0.930. The maximum atomic E-state index is 13.5. The van der Waals surface area contributed by atoms with E-state index in [2.05, 4.69) is 4.90 Å². The predicted octanol–water partition coefficient (Wildman–Crippen LogP) is 3.79. The highest BCUT2D eigenvalue weighted by atomic mass is 19.1. The molecular weight excluding hydrogens is 263 g/mol. The fraction of sp³-hybridized carbons (Fsp3) is 0.667. The van der Waals surface area contributed by atoms with E-state index in [9.17, 15) is 4.39 Å². The van der Waals surface area contributed by atoms with Gasteiger partial charge in [-0.25, -0.2) is 4.39 Å². The Bertz CT molecular complexity index is 482. The number of halogens is 1. The van der Waals surface area contributed by atoms with Crippen LogP contribution in [-0.4, -0.2) is 24.0 Å². The van der Waals surface area contributed by atoms with Gasteiger partial charge in [0.05, 0.1) is 0 Å². The second kappa shape index (κ2) is 6.45. The van der Waals surface area contributed by atoms with E-state index in [-0.39, 0.29) is 11.9 Å². The van der Waals surface area contributed by atoms with Crippen LogP contribution in [0.15, 0.2) is 18.2 Å². The third-order valence-electron chi connectivity index (χ3n) is 5.48. The first-order chi connectivity index (χ1) is 10.2. The van der Waals surface area contributed by atoms with Crippen LogP contribution in [0.2, 0.25) is 0 Å². The van der Waals surface area contributed by atoms with E-state index in [1.54, 1.807) is 6.07 Å². The first kappa shape index (κ1) is 15.0. The van der Waals surface area contributed by atoms with Gasteiger partial charge in [0.2, 0.25) is 0 Å². The lowest BCUT2D eigenvalue weighted by atomic mass is 9.93. The highest BCUT2D eigenvalue weighted by molar-refractivity contribution is 5.27. The lowest BCUT2D eigenvalue weighted by Crippen LogP contribution is -2.40. The highest BCUT2D eigenvalue weighted by Crippen LogP contribution is 2.39. The van der Waals surface area contributed by atoms with Gasteiger partial charge in [-0.3, -0.25) is 4.90 Å². The maximum Gasteiger partial charge on any atom is 0.126 e. The number of likely N-dealkylation sites (tertiary alicyclic amines) is 1. The molecule has 2 fully saturated rings. The number of aryl methyl sites for hydroxylation is 1. The molecule has 3 rings (SSSR count). The van der Waals surface area contributed by atoms with Crippen LogP contribution in [0.4, 0.5) is 4.39 Å². The summed E-state index contributed by atoms with van der Waals surface area (Å²) < 4.78 is 13.5. The molecule has 2 aliphatic rings. The molecule has 21 heavy (non-hydrogen) atoms. The van der Waals surface area contributed by atoms with Crippen LogP contribution in [0.5, 0.6) is 0 Å². The van der Waals surface area contributed by atoms with Crippen LogP contribution < -0.4 is 5.73 Å². The Morgan fingerprint density at radius 3 is 2.67 bits per heavy atom. The van der Waals surface area contributed by atoms with Crippen LogP contribution in [0.1, 0.15) is 55.7 Å². The number of rotatable bonds is 4. The normalized spacial score (nSPS) is 25.6. The Morgan fingerprint density at radius 2 is 2.00 bits per heavy atom. The van der Waals surface area contributed by atoms with E-state index in [0.717, 1.165) is 18.0 Å². The number of hydrogen-bond acceptors (Lipinski definition) is 2. The maximum absolute atomic E-state index is 13.5. The van der Waals surface area contributed by atoms with Crippen molar-refractivity contribution in [1.29, 1.82) is 0 Å². The number of benzene rings is 1. The Labute approximate surface area is 127 Å². The van der Waals surface area contributed by atoms with Gasteiger partial charge < -0.3 is 5.73 Å². The molecule has 0 aromatic heterocycles. The van der Waals surface area contributed by atoms with E-state index in [4.69, 9.17) is 5.73 Å². The number of nitrogens with two attached hydrogens (primary N) is 1. The molecule has 1 aromatic rings. The van der Waals surface area contributed by atoms with Gasteiger partial charge >= 0.3 is 0 Å². The average Bonchev–Trinajstić information content (AvgIpc) is 3.14. The topological polar surface area (TPSA) is 29.3 Å². The lowest BCUT2D eigenvalue weighted by molar-refractivity contribution is 0.138. The van der Waals surface area contributed by atoms with Crippen molar-refractivity contribution >= 4 is 0 Å². The number of hydrogen-bond donors (Lipinski definition) is 1. The highest BCUT2D eigenvalue weighted by Gasteiger charge is 2.36. The molecule has 2 unspecified atom stereocenters. The van der Waals surface area contributed by atoms with Gasteiger partial charge in [-0.05, 0) is 62.3 Å². The van der Waals surface area contributed by atoms with Crippen LogP contribution in [0.3, 0.4) is 0 Å². The summed E-state index contributed by atoms with van der Waals surface area (Å²) >= 11 is 0. The summed E-state index contributed by atoms with van der Waals surface area (Å²) in [6, 6.07) is 6.43. The molecule has 2 nitrogen and oxygen atoms in total. The third kappa shape index (κ3) is 3.00. The lowest BCUT2D eigenvalue weighted by Gasteiger charge is -2.36. The van der Waals surface area contributed by atoms with Gasteiger partial charge in [0, 0.05) is 18.6 Å². The van der Waals surface area contributed by atoms with Crippen molar-refractivity contribution in [1.82, 2.24) is 4.90 Å². The minimum atomic E-state index is -0.122. The zero-order chi connectivity index (χ0) is 14.8. The van der Waals surface area contributed by atoms with Crippen molar-refractivity contribution < 1.29 is 4.39 Å². The molecule has 2 atom stereocenters. The van der Waals surface area contributed by atoms with Gasteiger partial charge in [-0.2, -0.15) is 0 Å². The van der Waals surface area contributed by atoms with Gasteiger partial charge in [0.15, 0.2) is 0 Å². The molecule has 116 valence electrons. The Kier molecular flexibility index (Phi) is 4.60. The number of nitrogens with zero attached hydrogens (tertiary/aromatic N) is 1. The summed E-state index contributed by atoms with van der Waals surface area (Å²) in [7, 11) is 0. The molecule has 0 radical (unpaired) electrons. The molecule has 1 aliphatic heterocycles. The van der Waals surface area contributed by atoms with Gasteiger partial charge in [0.1, 0.15) is 5.82 Å². The quantitative estimate of drug-likeness (QED) is 0.914. The first-order valence-corrected chi connectivity index (χ1v) is 8.42. The zero-order valence-electron chi connectivity index (χ0n) is 13.0. The largest absolute Gasteiger partial charge is 0.329 e. The zero-order valence-corrected chi connectivity index (χ0v) is 13.0. The second-order valence-corrected chi connectivity index (χ2v) is 6.75. The van der Waals surface area contributed by atoms with Crippen LogP contribution in [-0.2, 0) is 0 Å². The van der Waals surface area contributed by atoms with Gasteiger partial charge in [0.25, 0.3) is 0 Å². The summed E-state index contributed by atoms with van der Waals surface area (Å²) in [5.41, 5.74) is 8.00. The first-order valence-electron chi connectivity index (χ1n) is 8.42. The summed E-state index contributed by atoms with van der Waals surface area (Å²) in [6.07, 6.45) is 8.11. The molecule has 1 saturated carbocycles. The van der Waals surface area contributed by atoms with Crippen molar-refractivity contribution in [2.24, 2.45) is 11.7 Å². The van der Waals surface area contributed by atoms with Crippen molar-refractivity contribution in [3.05, 3.63) is 35.1 Å². The SMILES string of the molecule is Cc1cc(C(CN)N2CCCC2C2CCCC2)ccc1F. The fourth-order valence-electron chi connectivity index (χ4n) is 4.39. The van der Waals surface area contributed by atoms with Crippen LogP contribution in [0, 0.1) is 18.7 Å². The summed E-state index contributed by atoms with van der Waals surface area (Å²) in [5, 5.41) is 0. The average molecular weight is 290 g/mol. The van der Waals surface area contributed by atoms with E-state index in [1.807, 2.05) is 19.1 Å². The van der Waals surface area contributed by atoms with Crippen molar-refractivity contribution in [3.8, 4) is 0 Å². The molecule has 1 aliphatic carbocycles. The molecule has 1 heterocycles. The monoisotopic (exact) mass is 290 g/mol. The van der Waals surface area contributed by atoms with Crippen LogP contribution in [0.25, 0.3) is 0 Å². The standard InChI is InChI=1S/C18H27FN2/c1-13-11-15(8-9-16(13)19)18(12-20)21-10-4-7-17(21)14-5-2-3-6-14/h8-9,11,14,17-18H,2-7,10,12,20H2,1H3. The predicted molar refractivity (Wildman–Crippen MR) is 84.6 cm³/mol. The molecule has 0 spiro atoms. The van der Waals surface area contributed by atoms with E-state index in [0.29, 0.717) is 12.6 Å². The smallest absolute Gasteiger partial charge is 0.126 e.